The first-order valence-electron chi connectivity index (χ1n) is 8.17. The first-order valence-corrected chi connectivity index (χ1v) is 8.17. The molecule has 4 heteroatoms. The van der Waals surface area contributed by atoms with Gasteiger partial charge in [0.2, 0.25) is 0 Å². The van der Waals surface area contributed by atoms with Crippen molar-refractivity contribution < 1.29 is 9.31 Å². The second-order valence-electron chi connectivity index (χ2n) is 7.43. The lowest BCUT2D eigenvalue weighted by Crippen LogP contribution is -2.41. The summed E-state index contributed by atoms with van der Waals surface area (Å²) in [5.41, 5.74) is 0.699. The lowest BCUT2D eigenvalue weighted by Gasteiger charge is -2.32. The fourth-order valence-electron chi connectivity index (χ4n) is 3.51. The van der Waals surface area contributed by atoms with Crippen molar-refractivity contribution in [2.24, 2.45) is 0 Å². The maximum Gasteiger partial charge on any atom is 0.461 e. The summed E-state index contributed by atoms with van der Waals surface area (Å²) < 4.78 is 12.6. The first kappa shape index (κ1) is 15.0. The van der Waals surface area contributed by atoms with Gasteiger partial charge in [0.25, 0.3) is 0 Å². The Hall–Kier alpha value is -0.865. The molecule has 0 aromatic carbocycles. The Kier molecular flexibility index (Phi) is 3.87. The van der Waals surface area contributed by atoms with Crippen molar-refractivity contribution >= 4 is 7.12 Å². The van der Waals surface area contributed by atoms with Crippen LogP contribution in [0.25, 0.3) is 0 Å². The Balaban J connectivity index is 1.83. The summed E-state index contributed by atoms with van der Waals surface area (Å²) in [7, 11) is -0.109. The summed E-state index contributed by atoms with van der Waals surface area (Å²) >= 11 is 0. The van der Waals surface area contributed by atoms with Crippen molar-refractivity contribution in [1.82, 2.24) is 4.98 Å². The van der Waals surface area contributed by atoms with Gasteiger partial charge in [0.05, 0.1) is 11.2 Å². The molecule has 1 aromatic rings. The highest BCUT2D eigenvalue weighted by Gasteiger charge is 2.55. The fourth-order valence-corrected chi connectivity index (χ4v) is 3.51. The number of hydrogen-bond donors (Lipinski definition) is 0. The number of pyridine rings is 1. The van der Waals surface area contributed by atoms with E-state index in [0.717, 1.165) is 6.42 Å². The maximum atomic E-state index is 6.31. The van der Waals surface area contributed by atoms with Crippen LogP contribution in [0.4, 0.5) is 0 Å². The lowest BCUT2D eigenvalue weighted by atomic mass is 9.58. The minimum absolute atomic E-state index is 0.109. The molecule has 2 atom stereocenters. The number of hydrogen-bond acceptors (Lipinski definition) is 3. The first-order chi connectivity index (χ1) is 9.91. The lowest BCUT2D eigenvalue weighted by molar-refractivity contribution is 0.00578. The van der Waals surface area contributed by atoms with E-state index >= 15 is 0 Å². The van der Waals surface area contributed by atoms with Gasteiger partial charge in [-0.3, -0.25) is 4.98 Å². The smallest absolute Gasteiger partial charge is 0.403 e. The zero-order valence-corrected chi connectivity index (χ0v) is 13.6. The van der Waals surface area contributed by atoms with E-state index in [4.69, 9.17) is 9.31 Å². The molecule has 2 unspecified atom stereocenters. The van der Waals surface area contributed by atoms with Crippen molar-refractivity contribution in [3.05, 3.63) is 30.1 Å². The Morgan fingerprint density at radius 1 is 1.05 bits per heavy atom. The van der Waals surface area contributed by atoms with Gasteiger partial charge in [0.1, 0.15) is 0 Å². The molecule has 2 fully saturated rings. The van der Waals surface area contributed by atoms with Gasteiger partial charge < -0.3 is 9.31 Å². The molecule has 3 rings (SSSR count). The quantitative estimate of drug-likeness (QED) is 0.764. The molecule has 21 heavy (non-hydrogen) atoms. The molecule has 1 aliphatic heterocycles. The number of nitrogens with zero attached hydrogens (tertiary/aromatic N) is 1. The second-order valence-corrected chi connectivity index (χ2v) is 7.43. The molecule has 1 saturated heterocycles. The highest BCUT2D eigenvalue weighted by Crippen LogP contribution is 2.49. The normalized spacial score (nSPS) is 31.3. The summed E-state index contributed by atoms with van der Waals surface area (Å²) in [6.45, 7) is 8.52. The zero-order valence-electron chi connectivity index (χ0n) is 13.6. The predicted molar refractivity (Wildman–Crippen MR) is 85.3 cm³/mol. The minimum atomic E-state index is -0.246. The molecule has 0 spiro atoms. The molecule has 0 bridgehead atoms. The average molecular weight is 287 g/mol. The predicted octanol–water partition coefficient (Wildman–Crippen LogP) is 4.20. The number of rotatable bonds is 2. The van der Waals surface area contributed by atoms with Gasteiger partial charge in [0.15, 0.2) is 0 Å². The van der Waals surface area contributed by atoms with Crippen LogP contribution in [0.5, 0.6) is 0 Å². The molecule has 3 nitrogen and oxygen atoms in total. The molecular weight excluding hydrogens is 261 g/mol. The molecule has 1 saturated carbocycles. The molecule has 1 aliphatic carbocycles. The van der Waals surface area contributed by atoms with Gasteiger partial charge >= 0.3 is 7.12 Å². The van der Waals surface area contributed by atoms with Crippen molar-refractivity contribution in [2.45, 2.75) is 76.3 Å². The highest BCUT2D eigenvalue weighted by molar-refractivity contribution is 6.47. The van der Waals surface area contributed by atoms with E-state index in [1.165, 1.54) is 25.0 Å². The third-order valence-electron chi connectivity index (χ3n) is 5.51. The van der Waals surface area contributed by atoms with Gasteiger partial charge in [-0.1, -0.05) is 25.3 Å². The van der Waals surface area contributed by atoms with Crippen molar-refractivity contribution in [1.29, 1.82) is 0 Å². The summed E-state index contributed by atoms with van der Waals surface area (Å²) in [6.07, 6.45) is 6.78. The largest absolute Gasteiger partial charge is 0.461 e. The fraction of sp³-hybridized carbons (Fsp3) is 0.706. The Morgan fingerprint density at radius 3 is 2.33 bits per heavy atom. The Morgan fingerprint density at radius 2 is 1.71 bits per heavy atom. The van der Waals surface area contributed by atoms with Crippen molar-refractivity contribution in [3.63, 3.8) is 0 Å². The van der Waals surface area contributed by atoms with Gasteiger partial charge in [0, 0.05) is 23.6 Å². The standard InChI is InChI=1S/C17H26BNO2/c1-16(2)17(3,4)21-18(20-16)14-10-6-5-9-13(14)15-11-7-8-12-19-15/h7-8,11-14H,5-6,9-10H2,1-4H3. The highest BCUT2D eigenvalue weighted by atomic mass is 16.7. The van der Waals surface area contributed by atoms with Crippen LogP contribution >= 0.6 is 0 Å². The summed E-state index contributed by atoms with van der Waals surface area (Å²) in [5.74, 6) is 0.865. The van der Waals surface area contributed by atoms with Gasteiger partial charge in [-0.2, -0.15) is 0 Å². The molecule has 2 heterocycles. The van der Waals surface area contributed by atoms with Crippen LogP contribution in [0.1, 0.15) is 65.0 Å². The monoisotopic (exact) mass is 287 g/mol. The van der Waals surface area contributed by atoms with E-state index in [-0.39, 0.29) is 18.3 Å². The molecular formula is C17H26BNO2. The van der Waals surface area contributed by atoms with Crippen LogP contribution in [-0.2, 0) is 9.31 Å². The van der Waals surface area contributed by atoms with Crippen LogP contribution in [0.3, 0.4) is 0 Å². The van der Waals surface area contributed by atoms with E-state index in [1.54, 1.807) is 0 Å². The van der Waals surface area contributed by atoms with Crippen LogP contribution in [-0.4, -0.2) is 23.3 Å². The third kappa shape index (κ3) is 2.76. The third-order valence-corrected chi connectivity index (χ3v) is 5.51. The van der Waals surface area contributed by atoms with E-state index in [1.807, 2.05) is 12.3 Å². The summed E-state index contributed by atoms with van der Waals surface area (Å²) in [4.78, 5) is 4.59. The SMILES string of the molecule is CC1(C)OB(C2CCCCC2c2ccccn2)OC1(C)C. The molecule has 2 aliphatic rings. The second kappa shape index (κ2) is 5.40. The van der Waals surface area contributed by atoms with Crippen LogP contribution in [0.15, 0.2) is 24.4 Å². The Bertz CT molecular complexity index is 473. The summed E-state index contributed by atoms with van der Waals surface area (Å²) in [6, 6.07) is 6.21. The van der Waals surface area contributed by atoms with Gasteiger partial charge in [-0.05, 0) is 46.2 Å². The van der Waals surface area contributed by atoms with Crippen molar-refractivity contribution in [3.8, 4) is 0 Å². The topological polar surface area (TPSA) is 31.4 Å². The van der Waals surface area contributed by atoms with Crippen LogP contribution < -0.4 is 0 Å². The molecule has 0 amide bonds. The van der Waals surface area contributed by atoms with E-state index in [9.17, 15) is 0 Å². The van der Waals surface area contributed by atoms with Gasteiger partial charge in [-0.25, -0.2) is 0 Å². The zero-order chi connectivity index (χ0) is 15.1. The molecule has 0 radical (unpaired) electrons. The molecule has 0 N–H and O–H groups in total. The van der Waals surface area contributed by atoms with E-state index in [2.05, 4.69) is 44.8 Å². The maximum absolute atomic E-state index is 6.31. The van der Waals surface area contributed by atoms with E-state index in [0.29, 0.717) is 11.7 Å². The molecule has 1 aromatic heterocycles. The Labute approximate surface area is 128 Å². The van der Waals surface area contributed by atoms with Crippen LogP contribution in [0.2, 0.25) is 5.82 Å². The van der Waals surface area contributed by atoms with Crippen molar-refractivity contribution in [2.75, 3.05) is 0 Å². The minimum Gasteiger partial charge on any atom is -0.403 e. The van der Waals surface area contributed by atoms with Crippen LogP contribution in [0, 0.1) is 0 Å². The molecule has 114 valence electrons. The number of aromatic nitrogens is 1. The van der Waals surface area contributed by atoms with E-state index < -0.39 is 0 Å². The van der Waals surface area contributed by atoms with Gasteiger partial charge in [-0.15, -0.1) is 0 Å². The average Bonchev–Trinajstić information content (AvgIpc) is 2.68. The summed E-state index contributed by atoms with van der Waals surface area (Å²) in [5, 5.41) is 0.